The van der Waals surface area contributed by atoms with E-state index in [1.807, 2.05) is 20.0 Å². The van der Waals surface area contributed by atoms with Gasteiger partial charge in [-0.3, -0.25) is 9.48 Å². The van der Waals surface area contributed by atoms with Crippen molar-refractivity contribution in [3.8, 4) is 0 Å². The number of aromatic nitrogens is 4. The van der Waals surface area contributed by atoms with Gasteiger partial charge >= 0.3 is 0 Å². The number of nitrogens with one attached hydrogen (secondary N) is 1. The average Bonchev–Trinajstić information content (AvgIpc) is 3.44. The highest BCUT2D eigenvalue weighted by Crippen LogP contribution is 2.40. The van der Waals surface area contributed by atoms with Gasteiger partial charge in [0.1, 0.15) is 0 Å². The standard InChI is InChI=1S/C23H25N5O/c1-15-21-18(14-19(16-8-9-16)25-22(21)27(2)26-15)23(29)24-11-5-12-28-13-10-17-6-3-4-7-20(17)28/h3-4,6-7,10,13-14,16H,5,8-9,11-12H2,1-2H3,(H,24,29). The number of para-hydroxylation sites is 1. The third-order valence-electron chi connectivity index (χ3n) is 5.77. The Morgan fingerprint density at radius 2 is 2.07 bits per heavy atom. The average molecular weight is 387 g/mol. The third-order valence-corrected chi connectivity index (χ3v) is 5.77. The Labute approximate surface area is 169 Å². The number of carbonyl (C=O) groups is 1. The Balaban J connectivity index is 1.31. The van der Waals surface area contributed by atoms with Gasteiger partial charge in [-0.05, 0) is 49.8 Å². The van der Waals surface area contributed by atoms with E-state index in [4.69, 9.17) is 4.98 Å². The fourth-order valence-electron chi connectivity index (χ4n) is 4.11. The van der Waals surface area contributed by atoms with Crippen molar-refractivity contribution in [3.63, 3.8) is 0 Å². The molecular weight excluding hydrogens is 362 g/mol. The van der Waals surface area contributed by atoms with E-state index < -0.39 is 0 Å². The van der Waals surface area contributed by atoms with Crippen LogP contribution in [-0.4, -0.2) is 31.8 Å². The van der Waals surface area contributed by atoms with Crippen LogP contribution in [-0.2, 0) is 13.6 Å². The molecule has 148 valence electrons. The van der Waals surface area contributed by atoms with Gasteiger partial charge in [-0.2, -0.15) is 5.10 Å². The highest BCUT2D eigenvalue weighted by atomic mass is 16.1. The van der Waals surface area contributed by atoms with Crippen LogP contribution in [0.5, 0.6) is 0 Å². The van der Waals surface area contributed by atoms with Gasteiger partial charge in [0.05, 0.1) is 16.6 Å². The van der Waals surface area contributed by atoms with E-state index >= 15 is 0 Å². The second-order valence-corrected chi connectivity index (χ2v) is 7.95. The van der Waals surface area contributed by atoms with Crippen molar-refractivity contribution in [2.75, 3.05) is 6.54 Å². The fourth-order valence-corrected chi connectivity index (χ4v) is 4.11. The lowest BCUT2D eigenvalue weighted by Crippen LogP contribution is -2.25. The number of amides is 1. The quantitative estimate of drug-likeness (QED) is 0.510. The summed E-state index contributed by atoms with van der Waals surface area (Å²) in [6.07, 6.45) is 5.29. The van der Waals surface area contributed by atoms with Crippen LogP contribution in [0, 0.1) is 6.92 Å². The minimum Gasteiger partial charge on any atom is -0.352 e. The number of hydrogen-bond acceptors (Lipinski definition) is 3. The van der Waals surface area contributed by atoms with Crippen LogP contribution in [0.1, 0.15) is 46.9 Å². The van der Waals surface area contributed by atoms with E-state index in [1.165, 1.54) is 10.9 Å². The van der Waals surface area contributed by atoms with E-state index in [0.717, 1.165) is 48.2 Å². The smallest absolute Gasteiger partial charge is 0.252 e. The highest BCUT2D eigenvalue weighted by Gasteiger charge is 2.28. The van der Waals surface area contributed by atoms with Crippen LogP contribution in [0.2, 0.25) is 0 Å². The summed E-state index contributed by atoms with van der Waals surface area (Å²) in [7, 11) is 1.89. The molecule has 3 heterocycles. The van der Waals surface area contributed by atoms with E-state index in [2.05, 4.69) is 51.5 Å². The first-order chi connectivity index (χ1) is 14.1. The zero-order chi connectivity index (χ0) is 20.0. The Morgan fingerprint density at radius 1 is 1.24 bits per heavy atom. The van der Waals surface area contributed by atoms with Crippen LogP contribution >= 0.6 is 0 Å². The molecule has 3 aromatic heterocycles. The van der Waals surface area contributed by atoms with E-state index in [0.29, 0.717) is 18.0 Å². The maximum absolute atomic E-state index is 13.0. The SMILES string of the molecule is Cc1nn(C)c2nc(C3CC3)cc(C(=O)NCCCn3ccc4ccccc43)c12. The number of hydrogen-bond donors (Lipinski definition) is 1. The first kappa shape index (κ1) is 17.9. The molecule has 6 heteroatoms. The zero-order valence-corrected chi connectivity index (χ0v) is 16.9. The molecule has 0 saturated heterocycles. The number of benzene rings is 1. The number of rotatable bonds is 6. The van der Waals surface area contributed by atoms with Gasteiger partial charge in [0.25, 0.3) is 5.91 Å². The van der Waals surface area contributed by atoms with Crippen molar-refractivity contribution in [1.29, 1.82) is 0 Å². The van der Waals surface area contributed by atoms with Crippen molar-refractivity contribution in [2.45, 2.75) is 38.6 Å². The van der Waals surface area contributed by atoms with Crippen molar-refractivity contribution < 1.29 is 4.79 Å². The summed E-state index contributed by atoms with van der Waals surface area (Å²) in [5.74, 6) is 0.455. The van der Waals surface area contributed by atoms with E-state index in [1.54, 1.807) is 4.68 Å². The molecule has 1 N–H and O–H groups in total. The summed E-state index contributed by atoms with van der Waals surface area (Å²) >= 11 is 0. The van der Waals surface area contributed by atoms with Gasteiger partial charge in [-0.25, -0.2) is 4.98 Å². The second-order valence-electron chi connectivity index (χ2n) is 7.95. The third kappa shape index (κ3) is 3.28. The van der Waals surface area contributed by atoms with Crippen molar-refractivity contribution >= 4 is 27.8 Å². The minimum absolute atomic E-state index is 0.0345. The van der Waals surface area contributed by atoms with Crippen molar-refractivity contribution in [2.24, 2.45) is 7.05 Å². The second kappa shape index (κ2) is 7.03. The summed E-state index contributed by atoms with van der Waals surface area (Å²) in [6, 6.07) is 12.5. The Kier molecular flexibility index (Phi) is 4.34. The first-order valence-corrected chi connectivity index (χ1v) is 10.3. The van der Waals surface area contributed by atoms with Gasteiger partial charge in [0, 0.05) is 43.5 Å². The van der Waals surface area contributed by atoms with Crippen LogP contribution in [0.15, 0.2) is 42.6 Å². The monoisotopic (exact) mass is 387 g/mol. The summed E-state index contributed by atoms with van der Waals surface area (Å²) in [5, 5.41) is 9.70. The molecule has 6 nitrogen and oxygen atoms in total. The highest BCUT2D eigenvalue weighted by molar-refractivity contribution is 6.06. The molecule has 29 heavy (non-hydrogen) atoms. The predicted octanol–water partition coefficient (Wildman–Crippen LogP) is 3.93. The summed E-state index contributed by atoms with van der Waals surface area (Å²) in [6.45, 7) is 3.45. The van der Waals surface area contributed by atoms with Gasteiger partial charge < -0.3 is 9.88 Å². The lowest BCUT2D eigenvalue weighted by molar-refractivity contribution is 0.0954. The maximum atomic E-state index is 13.0. The first-order valence-electron chi connectivity index (χ1n) is 10.3. The Bertz CT molecular complexity index is 1210. The maximum Gasteiger partial charge on any atom is 0.252 e. The normalized spacial score (nSPS) is 14.0. The molecule has 4 aromatic rings. The molecule has 1 fully saturated rings. The summed E-state index contributed by atoms with van der Waals surface area (Å²) in [5.41, 5.74) is 4.60. The molecule has 1 aliphatic carbocycles. The summed E-state index contributed by atoms with van der Waals surface area (Å²) in [4.78, 5) is 17.8. The molecule has 0 radical (unpaired) electrons. The van der Waals surface area contributed by atoms with Crippen LogP contribution in [0.3, 0.4) is 0 Å². The lowest BCUT2D eigenvalue weighted by atomic mass is 10.1. The summed E-state index contributed by atoms with van der Waals surface area (Å²) < 4.78 is 4.02. The van der Waals surface area contributed by atoms with Gasteiger partial charge in [-0.15, -0.1) is 0 Å². The van der Waals surface area contributed by atoms with Crippen LogP contribution < -0.4 is 5.32 Å². The molecule has 5 rings (SSSR count). The molecule has 0 spiro atoms. The van der Waals surface area contributed by atoms with Crippen molar-refractivity contribution in [1.82, 2.24) is 24.6 Å². The van der Waals surface area contributed by atoms with Gasteiger partial charge in [0.15, 0.2) is 5.65 Å². The molecule has 0 unspecified atom stereocenters. The molecule has 1 amide bonds. The predicted molar refractivity (Wildman–Crippen MR) is 114 cm³/mol. The number of carbonyl (C=O) groups excluding carboxylic acids is 1. The molecule has 1 saturated carbocycles. The lowest BCUT2D eigenvalue weighted by Gasteiger charge is -2.10. The van der Waals surface area contributed by atoms with Gasteiger partial charge in [0.2, 0.25) is 0 Å². The number of nitrogens with zero attached hydrogens (tertiary/aromatic N) is 4. The topological polar surface area (TPSA) is 64.7 Å². The largest absolute Gasteiger partial charge is 0.352 e. The number of fused-ring (bicyclic) bond motifs is 2. The molecule has 1 aliphatic rings. The number of aryl methyl sites for hydroxylation is 3. The van der Waals surface area contributed by atoms with Gasteiger partial charge in [-0.1, -0.05) is 18.2 Å². The zero-order valence-electron chi connectivity index (χ0n) is 16.9. The van der Waals surface area contributed by atoms with E-state index in [-0.39, 0.29) is 5.91 Å². The Hall–Kier alpha value is -3.15. The fraction of sp³-hybridized carbons (Fsp3) is 0.348. The Morgan fingerprint density at radius 3 is 2.90 bits per heavy atom. The molecule has 0 bridgehead atoms. The van der Waals surface area contributed by atoms with Crippen LogP contribution in [0.4, 0.5) is 0 Å². The minimum atomic E-state index is -0.0345. The van der Waals surface area contributed by atoms with Crippen LogP contribution in [0.25, 0.3) is 21.9 Å². The molecule has 1 aromatic carbocycles. The van der Waals surface area contributed by atoms with E-state index in [9.17, 15) is 4.79 Å². The molecular formula is C23H25N5O. The molecule has 0 atom stereocenters. The van der Waals surface area contributed by atoms with Crippen molar-refractivity contribution in [3.05, 3.63) is 59.5 Å². The molecule has 0 aliphatic heterocycles. The number of pyridine rings is 1.